The molecule has 138 valence electrons. The molecule has 0 bridgehead atoms. The number of hydrogen-bond donors (Lipinski definition) is 3. The van der Waals surface area contributed by atoms with E-state index in [9.17, 15) is 18.8 Å². The van der Waals surface area contributed by atoms with Crippen molar-refractivity contribution in [3.8, 4) is 0 Å². The summed E-state index contributed by atoms with van der Waals surface area (Å²) in [5.41, 5.74) is 0.232. The SMILES string of the molecule is CC(C)C(NC(=O)c1ccc(F)cc1)C(=O)Nc1ccn(CC(=O)O)n1. The molecular weight excluding hydrogens is 343 g/mol. The van der Waals surface area contributed by atoms with Gasteiger partial charge in [-0.3, -0.25) is 19.1 Å². The molecule has 2 aromatic rings. The van der Waals surface area contributed by atoms with Gasteiger partial charge in [0.2, 0.25) is 5.91 Å². The first kappa shape index (κ1) is 19.1. The second kappa shape index (κ2) is 8.24. The fourth-order valence-electron chi connectivity index (χ4n) is 2.22. The molecule has 0 aliphatic rings. The summed E-state index contributed by atoms with van der Waals surface area (Å²) in [5, 5.41) is 17.8. The van der Waals surface area contributed by atoms with Crippen LogP contribution in [0.3, 0.4) is 0 Å². The van der Waals surface area contributed by atoms with Crippen molar-refractivity contribution < 1.29 is 23.9 Å². The highest BCUT2D eigenvalue weighted by Gasteiger charge is 2.25. The maximum absolute atomic E-state index is 13.0. The van der Waals surface area contributed by atoms with Crippen LogP contribution in [0.2, 0.25) is 0 Å². The Balaban J connectivity index is 2.04. The zero-order chi connectivity index (χ0) is 19.3. The van der Waals surface area contributed by atoms with Crippen LogP contribution in [0.4, 0.5) is 10.2 Å². The molecule has 0 aliphatic carbocycles. The van der Waals surface area contributed by atoms with Crippen molar-refractivity contribution in [1.29, 1.82) is 0 Å². The molecule has 1 aromatic carbocycles. The van der Waals surface area contributed by atoms with Crippen molar-refractivity contribution >= 4 is 23.6 Å². The van der Waals surface area contributed by atoms with Crippen LogP contribution >= 0.6 is 0 Å². The molecule has 1 atom stereocenters. The van der Waals surface area contributed by atoms with Crippen LogP contribution in [-0.4, -0.2) is 38.7 Å². The van der Waals surface area contributed by atoms with Crippen molar-refractivity contribution in [2.24, 2.45) is 5.92 Å². The van der Waals surface area contributed by atoms with Crippen molar-refractivity contribution in [3.63, 3.8) is 0 Å². The summed E-state index contributed by atoms with van der Waals surface area (Å²) in [6.07, 6.45) is 1.42. The summed E-state index contributed by atoms with van der Waals surface area (Å²) in [4.78, 5) is 35.4. The third-order valence-corrected chi connectivity index (χ3v) is 3.53. The number of nitrogens with zero attached hydrogens (tertiary/aromatic N) is 2. The summed E-state index contributed by atoms with van der Waals surface area (Å²) in [6, 6.07) is 5.58. The first-order valence-corrected chi connectivity index (χ1v) is 7.89. The Morgan fingerprint density at radius 2 is 1.85 bits per heavy atom. The molecule has 1 unspecified atom stereocenters. The second-order valence-electron chi connectivity index (χ2n) is 5.98. The first-order chi connectivity index (χ1) is 12.3. The van der Waals surface area contributed by atoms with Gasteiger partial charge in [0.15, 0.2) is 5.82 Å². The number of nitrogens with one attached hydrogen (secondary N) is 2. The Morgan fingerprint density at radius 1 is 1.19 bits per heavy atom. The maximum atomic E-state index is 13.0. The highest BCUT2D eigenvalue weighted by molar-refractivity contribution is 6.00. The minimum Gasteiger partial charge on any atom is -0.480 e. The lowest BCUT2D eigenvalue weighted by Gasteiger charge is -2.21. The van der Waals surface area contributed by atoms with Gasteiger partial charge >= 0.3 is 5.97 Å². The topological polar surface area (TPSA) is 113 Å². The van der Waals surface area contributed by atoms with Crippen LogP contribution in [0, 0.1) is 11.7 Å². The Morgan fingerprint density at radius 3 is 2.42 bits per heavy atom. The molecule has 0 spiro atoms. The van der Waals surface area contributed by atoms with Crippen molar-refractivity contribution in [3.05, 3.63) is 47.9 Å². The van der Waals surface area contributed by atoms with E-state index < -0.39 is 29.6 Å². The average molecular weight is 362 g/mol. The summed E-state index contributed by atoms with van der Waals surface area (Å²) in [5.74, 6) is -2.56. The average Bonchev–Trinajstić information content (AvgIpc) is 2.98. The molecule has 9 heteroatoms. The fraction of sp³-hybridized carbons (Fsp3) is 0.294. The van der Waals surface area contributed by atoms with Crippen LogP contribution in [-0.2, 0) is 16.1 Å². The fourth-order valence-corrected chi connectivity index (χ4v) is 2.22. The Labute approximate surface area is 149 Å². The third-order valence-electron chi connectivity index (χ3n) is 3.53. The van der Waals surface area contributed by atoms with Crippen molar-refractivity contribution in [1.82, 2.24) is 15.1 Å². The molecular formula is C17H19FN4O4. The van der Waals surface area contributed by atoms with Gasteiger partial charge < -0.3 is 15.7 Å². The van der Waals surface area contributed by atoms with Crippen LogP contribution in [0.25, 0.3) is 0 Å². The molecule has 0 aliphatic heterocycles. The molecule has 0 fully saturated rings. The second-order valence-corrected chi connectivity index (χ2v) is 5.98. The monoisotopic (exact) mass is 362 g/mol. The summed E-state index contributed by atoms with van der Waals surface area (Å²) in [6.45, 7) is 3.20. The van der Waals surface area contributed by atoms with E-state index in [1.807, 2.05) is 0 Å². The minimum absolute atomic E-state index is 0.179. The van der Waals surface area contributed by atoms with Gasteiger partial charge in [0.25, 0.3) is 5.91 Å². The molecule has 1 aromatic heterocycles. The normalized spacial score (nSPS) is 11.8. The molecule has 3 N–H and O–H groups in total. The molecule has 0 saturated carbocycles. The largest absolute Gasteiger partial charge is 0.480 e. The summed E-state index contributed by atoms with van der Waals surface area (Å²) >= 11 is 0. The van der Waals surface area contributed by atoms with Gasteiger partial charge in [-0.15, -0.1) is 0 Å². The standard InChI is InChI=1S/C17H19FN4O4/c1-10(2)15(20-16(25)11-3-5-12(18)6-4-11)17(26)19-13-7-8-22(21-13)9-14(23)24/h3-8,10,15H,9H2,1-2H3,(H,20,25)(H,23,24)(H,19,21,26). The van der Waals surface area contributed by atoms with E-state index in [2.05, 4.69) is 15.7 Å². The smallest absolute Gasteiger partial charge is 0.325 e. The lowest BCUT2D eigenvalue weighted by Crippen LogP contribution is -2.47. The highest BCUT2D eigenvalue weighted by Crippen LogP contribution is 2.10. The predicted molar refractivity (Wildman–Crippen MR) is 91.0 cm³/mol. The predicted octanol–water partition coefficient (Wildman–Crippen LogP) is 1.50. The molecule has 0 saturated heterocycles. The number of carboxylic acids is 1. The quantitative estimate of drug-likeness (QED) is 0.691. The van der Waals surface area contributed by atoms with E-state index in [1.165, 1.54) is 29.1 Å². The molecule has 8 nitrogen and oxygen atoms in total. The van der Waals surface area contributed by atoms with Gasteiger partial charge in [0, 0.05) is 17.8 Å². The van der Waals surface area contributed by atoms with E-state index in [-0.39, 0.29) is 23.8 Å². The number of carbonyl (C=O) groups excluding carboxylic acids is 2. The molecule has 0 radical (unpaired) electrons. The maximum Gasteiger partial charge on any atom is 0.325 e. The minimum atomic E-state index is -1.06. The number of anilines is 1. The molecule has 2 amide bonds. The number of aliphatic carboxylic acids is 1. The van der Waals surface area contributed by atoms with Gasteiger partial charge in [-0.1, -0.05) is 13.8 Å². The third kappa shape index (κ3) is 5.13. The number of carboxylic acid groups (broad SMARTS) is 1. The Kier molecular flexibility index (Phi) is 6.05. The number of benzene rings is 1. The van der Waals surface area contributed by atoms with Gasteiger partial charge in [-0.05, 0) is 30.2 Å². The van der Waals surface area contributed by atoms with Crippen molar-refractivity contribution in [2.75, 3.05) is 5.32 Å². The van der Waals surface area contributed by atoms with Crippen molar-refractivity contribution in [2.45, 2.75) is 26.4 Å². The van der Waals surface area contributed by atoms with E-state index in [0.29, 0.717) is 0 Å². The number of aromatic nitrogens is 2. The molecule has 2 rings (SSSR count). The van der Waals surface area contributed by atoms with Gasteiger partial charge in [0.05, 0.1) is 0 Å². The number of amides is 2. The lowest BCUT2D eigenvalue weighted by atomic mass is 10.0. The highest BCUT2D eigenvalue weighted by atomic mass is 19.1. The van der Waals surface area contributed by atoms with Crippen LogP contribution in [0.15, 0.2) is 36.5 Å². The van der Waals surface area contributed by atoms with E-state index in [1.54, 1.807) is 13.8 Å². The van der Waals surface area contributed by atoms with E-state index >= 15 is 0 Å². The summed E-state index contributed by atoms with van der Waals surface area (Å²) in [7, 11) is 0. The zero-order valence-corrected chi connectivity index (χ0v) is 14.3. The lowest BCUT2D eigenvalue weighted by molar-refractivity contribution is -0.137. The number of carbonyl (C=O) groups is 3. The van der Waals surface area contributed by atoms with Gasteiger partial charge in [0.1, 0.15) is 18.4 Å². The van der Waals surface area contributed by atoms with Gasteiger partial charge in [-0.2, -0.15) is 5.10 Å². The first-order valence-electron chi connectivity index (χ1n) is 7.89. The number of rotatable bonds is 7. The van der Waals surface area contributed by atoms with Crippen LogP contribution in [0.1, 0.15) is 24.2 Å². The Bertz CT molecular complexity index is 801. The zero-order valence-electron chi connectivity index (χ0n) is 14.3. The van der Waals surface area contributed by atoms with Crippen LogP contribution in [0.5, 0.6) is 0 Å². The van der Waals surface area contributed by atoms with E-state index in [4.69, 9.17) is 5.11 Å². The number of hydrogen-bond acceptors (Lipinski definition) is 4. The summed E-state index contributed by atoms with van der Waals surface area (Å²) < 4.78 is 14.1. The van der Waals surface area contributed by atoms with Crippen LogP contribution < -0.4 is 10.6 Å². The van der Waals surface area contributed by atoms with Gasteiger partial charge in [-0.25, -0.2) is 4.39 Å². The molecule has 1 heterocycles. The van der Waals surface area contributed by atoms with E-state index in [0.717, 1.165) is 12.1 Å². The molecule has 26 heavy (non-hydrogen) atoms. The number of halogens is 1. The Hall–Kier alpha value is -3.23.